The molecule has 0 fully saturated rings. The quantitative estimate of drug-likeness (QED) is 0.300. The van der Waals surface area contributed by atoms with Gasteiger partial charge >= 0.3 is 0 Å². The number of rotatable bonds is 1. The highest BCUT2D eigenvalue weighted by atomic mass is 31.0. The molecule has 3 atom stereocenters. The van der Waals surface area contributed by atoms with Crippen LogP contribution in [0.5, 0.6) is 0 Å². The largest absolute Gasteiger partial charge is 0.135 e. The van der Waals surface area contributed by atoms with Gasteiger partial charge in [-0.25, -0.2) is 0 Å². The minimum absolute atomic E-state index is 0.742. The monoisotopic (exact) mass is 152 g/mol. The fourth-order valence-electron chi connectivity index (χ4n) is 1.69. The molecule has 0 aromatic carbocycles. The van der Waals surface area contributed by atoms with E-state index in [0.29, 0.717) is 0 Å². The van der Waals surface area contributed by atoms with Gasteiger partial charge < -0.3 is 0 Å². The molecule has 1 heterocycles. The topological polar surface area (TPSA) is 0 Å². The van der Waals surface area contributed by atoms with Gasteiger partial charge in [-0.05, 0) is 17.9 Å². The van der Waals surface area contributed by atoms with Crippen molar-refractivity contribution in [1.82, 2.24) is 0 Å². The van der Waals surface area contributed by atoms with E-state index in [-0.39, 0.29) is 0 Å². The van der Waals surface area contributed by atoms with Crippen LogP contribution >= 0.6 is 9.24 Å². The summed E-state index contributed by atoms with van der Waals surface area (Å²) in [6.07, 6.45) is 7.37. The third-order valence-corrected chi connectivity index (χ3v) is 2.86. The molecular weight excluding hydrogens is 137 g/mol. The fraction of sp³-hybridized carbons (Fsp3) is 0.714. The molecule has 1 aliphatic rings. The summed E-state index contributed by atoms with van der Waals surface area (Å²) in [5, 5.41) is 0. The Hall–Kier alpha value is 0.300. The Bertz CT molecular complexity index is 134. The van der Waals surface area contributed by atoms with Crippen molar-refractivity contribution in [3.63, 3.8) is 0 Å². The highest BCUT2D eigenvalue weighted by molar-refractivity contribution is 7.19. The van der Waals surface area contributed by atoms with Crippen LogP contribution in [0.1, 0.15) is 13.3 Å². The highest BCUT2D eigenvalue weighted by Crippen LogP contribution is 2.28. The predicted octanol–water partition coefficient (Wildman–Crippen LogP) is 1.20. The average molecular weight is 152 g/mol. The third-order valence-electron chi connectivity index (χ3n) is 2.41. The standard InChI is InChI=1S/C7H15B2P/c1-6(10)7-4-2-3-5-9(7)8/h2,4,6-7H,3,5,8,10H2,1H3. The Balaban J connectivity index is 2.55. The van der Waals surface area contributed by atoms with Gasteiger partial charge in [0.2, 0.25) is 0 Å². The zero-order valence-corrected chi connectivity index (χ0v) is 8.03. The molecule has 3 heteroatoms. The molecule has 1 aliphatic heterocycles. The van der Waals surface area contributed by atoms with E-state index in [0.717, 1.165) is 18.1 Å². The molecule has 1 rings (SSSR count). The smallest absolute Gasteiger partial charge is 0.110 e. The minimum atomic E-state index is 0.742. The number of allylic oxidation sites excluding steroid dienone is 2. The second-order valence-corrected chi connectivity index (χ2v) is 4.47. The van der Waals surface area contributed by atoms with E-state index in [2.05, 4.69) is 36.1 Å². The van der Waals surface area contributed by atoms with Crippen molar-refractivity contribution in [3.05, 3.63) is 12.2 Å². The second kappa shape index (κ2) is 3.62. The summed E-state index contributed by atoms with van der Waals surface area (Å²) in [6, 6.07) is 0. The first-order chi connectivity index (χ1) is 4.72. The van der Waals surface area contributed by atoms with Crippen molar-refractivity contribution in [2.24, 2.45) is 0 Å². The molecule has 0 spiro atoms. The number of hydrogen-bond donors (Lipinski definition) is 0. The van der Waals surface area contributed by atoms with E-state index in [1.54, 1.807) is 0 Å². The summed E-state index contributed by atoms with van der Waals surface area (Å²) in [7, 11) is 5.25. The Labute approximate surface area is 67.5 Å². The van der Waals surface area contributed by atoms with Gasteiger partial charge in [-0.3, -0.25) is 0 Å². The van der Waals surface area contributed by atoms with Crippen LogP contribution < -0.4 is 0 Å². The lowest BCUT2D eigenvalue weighted by Gasteiger charge is -2.25. The first-order valence-corrected chi connectivity index (χ1v) is 4.80. The SMILES string of the molecule is BB1CCC=CC1C(C)P. The number of hydrogen-bond acceptors (Lipinski definition) is 0. The first kappa shape index (κ1) is 8.40. The molecule has 0 saturated carbocycles. The van der Waals surface area contributed by atoms with Gasteiger partial charge in [0.05, 0.1) is 7.74 Å². The Morgan fingerprint density at radius 2 is 2.50 bits per heavy atom. The minimum Gasteiger partial charge on any atom is -0.135 e. The maximum Gasteiger partial charge on any atom is 0.110 e. The molecule has 0 bridgehead atoms. The van der Waals surface area contributed by atoms with Crippen molar-refractivity contribution in [1.29, 1.82) is 0 Å². The normalized spacial score (nSPS) is 28.6. The van der Waals surface area contributed by atoms with E-state index in [1.165, 1.54) is 12.7 Å². The van der Waals surface area contributed by atoms with E-state index < -0.39 is 0 Å². The van der Waals surface area contributed by atoms with Crippen LogP contribution in [-0.2, 0) is 0 Å². The van der Waals surface area contributed by atoms with Crippen LogP contribution in [0.4, 0.5) is 0 Å². The zero-order chi connectivity index (χ0) is 7.56. The van der Waals surface area contributed by atoms with Crippen LogP contribution in [-0.4, -0.2) is 20.0 Å². The van der Waals surface area contributed by atoms with Gasteiger partial charge in [-0.1, -0.05) is 25.4 Å². The molecule has 3 unspecified atom stereocenters. The molecular formula is C7H15B2P. The molecule has 0 N–H and O–H groups in total. The lowest BCUT2D eigenvalue weighted by atomic mass is 9.23. The summed E-state index contributed by atoms with van der Waals surface area (Å²) in [5.74, 6) is 0.804. The van der Waals surface area contributed by atoms with Crippen LogP contribution in [0.15, 0.2) is 12.2 Å². The Morgan fingerprint density at radius 3 is 2.90 bits per heavy atom. The maximum absolute atomic E-state index is 2.90. The molecule has 0 amide bonds. The van der Waals surface area contributed by atoms with Crippen LogP contribution in [0, 0.1) is 0 Å². The molecule has 0 aliphatic carbocycles. The summed E-state index contributed by atoms with van der Waals surface area (Å²) < 4.78 is 0. The summed E-state index contributed by atoms with van der Waals surface area (Å²) in [4.78, 5) is 0. The fourth-order valence-corrected chi connectivity index (χ4v) is 2.20. The highest BCUT2D eigenvalue weighted by Gasteiger charge is 2.22. The van der Waals surface area contributed by atoms with Gasteiger partial charge in [0.1, 0.15) is 6.60 Å². The van der Waals surface area contributed by atoms with Crippen LogP contribution in [0.25, 0.3) is 0 Å². The van der Waals surface area contributed by atoms with E-state index in [9.17, 15) is 0 Å². The van der Waals surface area contributed by atoms with Gasteiger partial charge in [-0.2, -0.15) is 0 Å². The zero-order valence-electron chi connectivity index (χ0n) is 6.88. The van der Waals surface area contributed by atoms with E-state index >= 15 is 0 Å². The van der Waals surface area contributed by atoms with Gasteiger partial charge in [-0.15, -0.1) is 9.24 Å². The van der Waals surface area contributed by atoms with Crippen molar-refractivity contribution in [3.8, 4) is 0 Å². The molecule has 0 aromatic rings. The third kappa shape index (κ3) is 1.89. The lowest BCUT2D eigenvalue weighted by molar-refractivity contribution is 0.921. The molecule has 54 valence electrons. The molecule has 0 aromatic heterocycles. The second-order valence-electron chi connectivity index (χ2n) is 3.42. The summed E-state index contributed by atoms with van der Waals surface area (Å²) in [6.45, 7) is 3.17. The van der Waals surface area contributed by atoms with Crippen molar-refractivity contribution in [2.75, 3.05) is 0 Å². The first-order valence-electron chi connectivity index (χ1n) is 4.14. The van der Waals surface area contributed by atoms with Crippen molar-refractivity contribution in [2.45, 2.75) is 31.1 Å². The predicted molar refractivity (Wildman–Crippen MR) is 55.8 cm³/mol. The molecule has 10 heavy (non-hydrogen) atoms. The lowest BCUT2D eigenvalue weighted by Crippen LogP contribution is -2.26. The maximum atomic E-state index is 2.90. The van der Waals surface area contributed by atoms with Crippen LogP contribution in [0.3, 0.4) is 0 Å². The van der Waals surface area contributed by atoms with Gasteiger partial charge in [0.15, 0.2) is 0 Å². The molecule has 0 radical (unpaired) electrons. The van der Waals surface area contributed by atoms with Crippen LogP contribution in [0.2, 0.25) is 12.1 Å². The summed E-state index contributed by atoms with van der Waals surface area (Å²) >= 11 is 0. The van der Waals surface area contributed by atoms with Gasteiger partial charge in [0, 0.05) is 0 Å². The molecule has 0 nitrogen and oxygen atoms in total. The molecule has 0 saturated heterocycles. The Morgan fingerprint density at radius 1 is 1.80 bits per heavy atom. The Kier molecular flexibility index (Phi) is 3.04. The average Bonchev–Trinajstić information content (AvgIpc) is 1.88. The van der Waals surface area contributed by atoms with Crippen molar-refractivity contribution >= 4 is 23.6 Å². The van der Waals surface area contributed by atoms with Gasteiger partial charge in [0.25, 0.3) is 0 Å². The van der Waals surface area contributed by atoms with E-state index in [4.69, 9.17) is 0 Å². The van der Waals surface area contributed by atoms with Crippen molar-refractivity contribution < 1.29 is 0 Å². The van der Waals surface area contributed by atoms with E-state index in [1.807, 2.05) is 0 Å². The summed E-state index contributed by atoms with van der Waals surface area (Å²) in [5.41, 5.74) is 0.742.